The molecule has 3 rings (SSSR count). The fourth-order valence-electron chi connectivity index (χ4n) is 3.33. The second-order valence-electron chi connectivity index (χ2n) is 6.86. The highest BCUT2D eigenvalue weighted by molar-refractivity contribution is 5.97. The maximum absolute atomic E-state index is 12.7. The molecule has 1 unspecified atom stereocenters. The van der Waals surface area contributed by atoms with Crippen molar-refractivity contribution in [2.24, 2.45) is 0 Å². The summed E-state index contributed by atoms with van der Waals surface area (Å²) in [5, 5.41) is 4.00. The number of benzene rings is 2. The SMILES string of the molecule is CCC(C(=O)Nc1ccc2c(C(C)C)cc(=O)[nH]c2c1)c1ccccc1. The Balaban J connectivity index is 1.91. The lowest BCUT2D eigenvalue weighted by molar-refractivity contribution is -0.117. The number of hydrogen-bond acceptors (Lipinski definition) is 2. The molecule has 3 aromatic rings. The molecule has 0 aliphatic heterocycles. The van der Waals surface area contributed by atoms with Gasteiger partial charge < -0.3 is 10.3 Å². The van der Waals surface area contributed by atoms with E-state index >= 15 is 0 Å². The standard InChI is InChI=1S/C22H24N2O2/c1-4-17(15-8-6-5-7-9-15)22(26)23-16-10-11-18-19(14(2)3)13-21(25)24-20(18)12-16/h5-14,17H,4H2,1-3H3,(H,23,26)(H,24,25). The Morgan fingerprint density at radius 2 is 1.81 bits per heavy atom. The molecule has 0 fully saturated rings. The number of anilines is 1. The number of amides is 1. The summed E-state index contributed by atoms with van der Waals surface area (Å²) < 4.78 is 0. The smallest absolute Gasteiger partial charge is 0.248 e. The molecule has 1 aromatic heterocycles. The molecule has 0 aliphatic carbocycles. The van der Waals surface area contributed by atoms with Gasteiger partial charge in [0.25, 0.3) is 0 Å². The Kier molecular flexibility index (Phi) is 5.21. The zero-order valence-corrected chi connectivity index (χ0v) is 15.4. The van der Waals surface area contributed by atoms with Gasteiger partial charge in [0, 0.05) is 17.1 Å². The number of rotatable bonds is 5. The topological polar surface area (TPSA) is 62.0 Å². The second-order valence-corrected chi connectivity index (χ2v) is 6.86. The van der Waals surface area contributed by atoms with Gasteiger partial charge in [0.05, 0.1) is 11.4 Å². The normalized spacial score (nSPS) is 12.3. The van der Waals surface area contributed by atoms with Crippen molar-refractivity contribution in [2.75, 3.05) is 5.32 Å². The number of pyridine rings is 1. The van der Waals surface area contributed by atoms with Gasteiger partial charge in [-0.05, 0) is 35.6 Å². The van der Waals surface area contributed by atoms with Crippen molar-refractivity contribution in [2.45, 2.75) is 39.0 Å². The fraction of sp³-hybridized carbons (Fsp3) is 0.273. The quantitative estimate of drug-likeness (QED) is 0.697. The summed E-state index contributed by atoms with van der Waals surface area (Å²) in [7, 11) is 0. The van der Waals surface area contributed by atoms with Gasteiger partial charge in [-0.25, -0.2) is 0 Å². The summed E-state index contributed by atoms with van der Waals surface area (Å²) in [5.74, 6) is 0.0103. The van der Waals surface area contributed by atoms with Crippen molar-refractivity contribution in [3.63, 3.8) is 0 Å². The van der Waals surface area contributed by atoms with E-state index in [4.69, 9.17) is 0 Å². The number of aromatic amines is 1. The summed E-state index contributed by atoms with van der Waals surface area (Å²) in [6.45, 7) is 6.13. The molecule has 1 amide bonds. The summed E-state index contributed by atoms with van der Waals surface area (Å²) in [6.07, 6.45) is 0.720. The van der Waals surface area contributed by atoms with Crippen molar-refractivity contribution < 1.29 is 4.79 Å². The third-order valence-corrected chi connectivity index (χ3v) is 4.69. The number of H-pyrrole nitrogens is 1. The molecular formula is C22H24N2O2. The minimum Gasteiger partial charge on any atom is -0.325 e. The third kappa shape index (κ3) is 3.69. The zero-order chi connectivity index (χ0) is 18.7. The van der Waals surface area contributed by atoms with E-state index in [1.54, 1.807) is 6.07 Å². The molecule has 0 saturated heterocycles. The van der Waals surface area contributed by atoms with E-state index in [1.165, 1.54) is 0 Å². The molecule has 2 N–H and O–H groups in total. The van der Waals surface area contributed by atoms with E-state index < -0.39 is 0 Å². The average molecular weight is 348 g/mol. The first-order chi connectivity index (χ1) is 12.5. The first-order valence-corrected chi connectivity index (χ1v) is 9.02. The summed E-state index contributed by atoms with van der Waals surface area (Å²) in [5.41, 5.74) is 3.32. The maximum Gasteiger partial charge on any atom is 0.248 e. The summed E-state index contributed by atoms with van der Waals surface area (Å²) >= 11 is 0. The van der Waals surface area contributed by atoms with Crippen LogP contribution in [0.3, 0.4) is 0 Å². The molecule has 26 heavy (non-hydrogen) atoms. The minimum absolute atomic E-state index is 0.0413. The highest BCUT2D eigenvalue weighted by Gasteiger charge is 2.18. The molecule has 1 atom stereocenters. The maximum atomic E-state index is 12.7. The van der Waals surface area contributed by atoms with Gasteiger partial charge >= 0.3 is 0 Å². The summed E-state index contributed by atoms with van der Waals surface area (Å²) in [4.78, 5) is 27.5. The molecule has 0 radical (unpaired) electrons. The van der Waals surface area contributed by atoms with Crippen molar-refractivity contribution in [1.29, 1.82) is 0 Å². The van der Waals surface area contributed by atoms with E-state index in [0.717, 1.165) is 28.5 Å². The molecule has 1 heterocycles. The van der Waals surface area contributed by atoms with Crippen LogP contribution in [0.4, 0.5) is 5.69 Å². The van der Waals surface area contributed by atoms with Crippen LogP contribution in [0, 0.1) is 0 Å². The van der Waals surface area contributed by atoms with Crippen molar-refractivity contribution in [1.82, 2.24) is 4.98 Å². The lowest BCUT2D eigenvalue weighted by atomic mass is 9.95. The van der Waals surface area contributed by atoms with Gasteiger partial charge in [0.2, 0.25) is 11.5 Å². The fourth-order valence-corrected chi connectivity index (χ4v) is 3.33. The lowest BCUT2D eigenvalue weighted by Gasteiger charge is -2.16. The third-order valence-electron chi connectivity index (χ3n) is 4.69. The Morgan fingerprint density at radius 3 is 2.46 bits per heavy atom. The molecule has 4 heteroatoms. The van der Waals surface area contributed by atoms with Crippen LogP contribution in [0.1, 0.15) is 50.2 Å². The van der Waals surface area contributed by atoms with Crippen molar-refractivity contribution in [3.05, 3.63) is 76.1 Å². The van der Waals surface area contributed by atoms with Gasteiger partial charge in [0.15, 0.2) is 0 Å². The van der Waals surface area contributed by atoms with Crippen LogP contribution in [0.25, 0.3) is 10.9 Å². The first-order valence-electron chi connectivity index (χ1n) is 9.02. The molecule has 134 valence electrons. The number of aromatic nitrogens is 1. The molecular weight excluding hydrogens is 324 g/mol. The molecule has 0 spiro atoms. The minimum atomic E-state index is -0.201. The molecule has 4 nitrogen and oxygen atoms in total. The highest BCUT2D eigenvalue weighted by Crippen LogP contribution is 2.26. The summed E-state index contributed by atoms with van der Waals surface area (Å²) in [6, 6.07) is 17.1. The highest BCUT2D eigenvalue weighted by atomic mass is 16.2. The average Bonchev–Trinajstić information content (AvgIpc) is 2.62. The van der Waals surface area contributed by atoms with Crippen LogP contribution in [0.5, 0.6) is 0 Å². The second kappa shape index (κ2) is 7.56. The van der Waals surface area contributed by atoms with Gasteiger partial charge in [0.1, 0.15) is 0 Å². The number of nitrogens with one attached hydrogen (secondary N) is 2. The molecule has 0 saturated carbocycles. The van der Waals surface area contributed by atoms with Crippen LogP contribution in [0.2, 0.25) is 0 Å². The van der Waals surface area contributed by atoms with E-state index in [0.29, 0.717) is 5.69 Å². The number of hydrogen-bond donors (Lipinski definition) is 2. The van der Waals surface area contributed by atoms with Gasteiger partial charge in [-0.1, -0.05) is 57.2 Å². The van der Waals surface area contributed by atoms with E-state index in [1.807, 2.05) is 55.5 Å². The van der Waals surface area contributed by atoms with Crippen LogP contribution < -0.4 is 10.9 Å². The van der Waals surface area contributed by atoms with Crippen molar-refractivity contribution >= 4 is 22.5 Å². The predicted octanol–water partition coefficient (Wildman–Crippen LogP) is 4.78. The lowest BCUT2D eigenvalue weighted by Crippen LogP contribution is -2.20. The van der Waals surface area contributed by atoms with Crippen LogP contribution >= 0.6 is 0 Å². The molecule has 2 aromatic carbocycles. The Hall–Kier alpha value is -2.88. The number of carbonyl (C=O) groups excluding carboxylic acids is 1. The number of fused-ring (bicyclic) bond motifs is 1. The first kappa shape index (κ1) is 17.9. The Labute approximate surface area is 153 Å². The van der Waals surface area contributed by atoms with E-state index in [-0.39, 0.29) is 23.3 Å². The predicted molar refractivity (Wildman–Crippen MR) is 107 cm³/mol. The van der Waals surface area contributed by atoms with Crippen LogP contribution in [-0.4, -0.2) is 10.9 Å². The largest absolute Gasteiger partial charge is 0.325 e. The number of carbonyl (C=O) groups is 1. The van der Waals surface area contributed by atoms with Gasteiger partial charge in [-0.2, -0.15) is 0 Å². The van der Waals surface area contributed by atoms with Gasteiger partial charge in [-0.3, -0.25) is 9.59 Å². The molecule has 0 bridgehead atoms. The van der Waals surface area contributed by atoms with E-state index in [9.17, 15) is 9.59 Å². The Bertz CT molecular complexity index is 974. The Morgan fingerprint density at radius 1 is 1.08 bits per heavy atom. The van der Waals surface area contributed by atoms with Gasteiger partial charge in [-0.15, -0.1) is 0 Å². The van der Waals surface area contributed by atoms with E-state index in [2.05, 4.69) is 24.1 Å². The van der Waals surface area contributed by atoms with Crippen LogP contribution in [-0.2, 0) is 4.79 Å². The van der Waals surface area contributed by atoms with Crippen molar-refractivity contribution in [3.8, 4) is 0 Å². The monoisotopic (exact) mass is 348 g/mol. The molecule has 0 aliphatic rings. The van der Waals surface area contributed by atoms with Crippen LogP contribution in [0.15, 0.2) is 59.4 Å². The zero-order valence-electron chi connectivity index (χ0n) is 15.4.